The molecule has 3 amide bonds. The highest BCUT2D eigenvalue weighted by atomic mass is 32.1. The van der Waals surface area contributed by atoms with Crippen molar-refractivity contribution in [3.05, 3.63) is 0 Å². The van der Waals surface area contributed by atoms with E-state index >= 15 is 0 Å². The Hall–Kier alpha value is -1.81. The monoisotopic (exact) mass is 404 g/mol. The number of carbonyl (C=O) groups excluding carboxylic acids is 3. The van der Waals surface area contributed by atoms with E-state index in [9.17, 15) is 19.2 Å². The fourth-order valence-corrected chi connectivity index (χ4v) is 2.53. The van der Waals surface area contributed by atoms with Gasteiger partial charge in [-0.25, -0.2) is 4.79 Å². The highest BCUT2D eigenvalue weighted by Gasteiger charge is 2.28. The zero-order chi connectivity index (χ0) is 21.1. The molecule has 0 heterocycles. The summed E-state index contributed by atoms with van der Waals surface area (Å²) in [5.41, 5.74) is 5.86. The number of carboxylic acids is 1. The molecule has 0 fully saturated rings. The van der Waals surface area contributed by atoms with Crippen molar-refractivity contribution < 1.29 is 24.3 Å². The molecule has 0 saturated carbocycles. The molecule has 0 bridgehead atoms. The van der Waals surface area contributed by atoms with E-state index in [2.05, 4.69) is 28.6 Å². The molecule has 0 aliphatic carbocycles. The first-order valence-corrected chi connectivity index (χ1v) is 9.63. The fourth-order valence-electron chi connectivity index (χ4n) is 2.29. The van der Waals surface area contributed by atoms with Crippen molar-refractivity contribution in [1.29, 1.82) is 0 Å². The second kappa shape index (κ2) is 12.6. The smallest absolute Gasteiger partial charge is 0.327 e. The number of rotatable bonds is 12. The summed E-state index contributed by atoms with van der Waals surface area (Å²) >= 11 is 3.85. The second-order valence-electron chi connectivity index (χ2n) is 6.97. The van der Waals surface area contributed by atoms with Crippen molar-refractivity contribution in [2.75, 3.05) is 12.3 Å². The molecule has 6 N–H and O–H groups in total. The van der Waals surface area contributed by atoms with Crippen LogP contribution in [0, 0.1) is 11.8 Å². The summed E-state index contributed by atoms with van der Waals surface area (Å²) in [5, 5.41) is 16.2. The van der Waals surface area contributed by atoms with Crippen LogP contribution in [0.2, 0.25) is 0 Å². The number of amides is 3. The summed E-state index contributed by atoms with van der Waals surface area (Å²) in [5.74, 6) is -2.83. The fraction of sp³-hybridized carbons (Fsp3) is 0.765. The minimum atomic E-state index is -1.21. The summed E-state index contributed by atoms with van der Waals surface area (Å²) in [4.78, 5) is 47.4. The molecule has 0 saturated heterocycles. The third-order valence-corrected chi connectivity index (χ3v) is 4.46. The lowest BCUT2D eigenvalue weighted by Gasteiger charge is -2.25. The Morgan fingerprint density at radius 2 is 1.67 bits per heavy atom. The normalized spacial score (nSPS) is 15.4. The summed E-state index contributed by atoms with van der Waals surface area (Å²) in [6, 6.07) is -2.70. The van der Waals surface area contributed by atoms with Gasteiger partial charge in [-0.05, 0) is 18.3 Å². The van der Waals surface area contributed by atoms with E-state index in [1.165, 1.54) is 0 Å². The molecular formula is C17H32N4O5S. The minimum Gasteiger partial charge on any atom is -0.480 e. The van der Waals surface area contributed by atoms with Gasteiger partial charge in [-0.1, -0.05) is 34.1 Å². The number of aliphatic carboxylic acids is 1. The van der Waals surface area contributed by atoms with Gasteiger partial charge in [0.2, 0.25) is 17.7 Å². The average molecular weight is 405 g/mol. The van der Waals surface area contributed by atoms with Crippen LogP contribution in [0.25, 0.3) is 0 Å². The third-order valence-electron chi connectivity index (χ3n) is 4.09. The first-order chi connectivity index (χ1) is 12.5. The lowest BCUT2D eigenvalue weighted by atomic mass is 9.97. The van der Waals surface area contributed by atoms with Gasteiger partial charge in [0.1, 0.15) is 12.1 Å². The van der Waals surface area contributed by atoms with Gasteiger partial charge in [0.15, 0.2) is 0 Å². The largest absolute Gasteiger partial charge is 0.480 e. The Bertz CT molecular complexity index is 529. The summed E-state index contributed by atoms with van der Waals surface area (Å²) in [6.07, 6.45) is 1.12. The summed E-state index contributed by atoms with van der Waals surface area (Å²) in [7, 11) is 0. The molecule has 156 valence electrons. The van der Waals surface area contributed by atoms with Crippen molar-refractivity contribution in [1.82, 2.24) is 16.0 Å². The lowest BCUT2D eigenvalue weighted by molar-refractivity contribution is -0.141. The van der Waals surface area contributed by atoms with E-state index in [-0.39, 0.29) is 17.6 Å². The molecule has 0 rings (SSSR count). The molecule has 4 unspecified atom stereocenters. The van der Waals surface area contributed by atoms with Crippen molar-refractivity contribution in [2.24, 2.45) is 17.6 Å². The van der Waals surface area contributed by atoms with Crippen molar-refractivity contribution >= 4 is 36.3 Å². The van der Waals surface area contributed by atoms with Gasteiger partial charge in [-0.15, -0.1) is 0 Å². The molecule has 0 aromatic heterocycles. The van der Waals surface area contributed by atoms with Gasteiger partial charge in [0, 0.05) is 5.75 Å². The van der Waals surface area contributed by atoms with Crippen LogP contribution >= 0.6 is 12.6 Å². The van der Waals surface area contributed by atoms with Gasteiger partial charge in [-0.3, -0.25) is 14.4 Å². The zero-order valence-electron chi connectivity index (χ0n) is 16.3. The average Bonchev–Trinajstić information content (AvgIpc) is 2.60. The topological polar surface area (TPSA) is 151 Å². The number of nitrogens with one attached hydrogen (secondary N) is 3. The number of hydrogen-bond donors (Lipinski definition) is 6. The number of carbonyl (C=O) groups is 4. The molecule has 0 aromatic rings. The highest BCUT2D eigenvalue weighted by molar-refractivity contribution is 7.80. The summed E-state index contributed by atoms with van der Waals surface area (Å²) in [6.45, 7) is 7.17. The van der Waals surface area contributed by atoms with Gasteiger partial charge < -0.3 is 26.8 Å². The number of thiol groups is 1. The first kappa shape index (κ1) is 25.2. The van der Waals surface area contributed by atoms with Crippen LogP contribution in [0.5, 0.6) is 0 Å². The molecule has 9 nitrogen and oxygen atoms in total. The van der Waals surface area contributed by atoms with Crippen molar-refractivity contribution in [2.45, 2.75) is 58.7 Å². The number of hydrogen-bond acceptors (Lipinski definition) is 6. The minimum absolute atomic E-state index is 0.0751. The maximum absolute atomic E-state index is 12.4. The van der Waals surface area contributed by atoms with Crippen LogP contribution in [0.15, 0.2) is 0 Å². The second-order valence-corrected chi connectivity index (χ2v) is 7.33. The summed E-state index contributed by atoms with van der Waals surface area (Å²) < 4.78 is 0. The van der Waals surface area contributed by atoms with E-state index in [1.54, 1.807) is 6.92 Å². The molecule has 0 aliphatic heterocycles. The molecule has 0 aromatic carbocycles. The maximum atomic E-state index is 12.4. The Balaban J connectivity index is 4.82. The molecule has 10 heteroatoms. The Labute approximate surface area is 165 Å². The lowest BCUT2D eigenvalue weighted by Crippen LogP contribution is -2.55. The van der Waals surface area contributed by atoms with E-state index in [4.69, 9.17) is 10.8 Å². The van der Waals surface area contributed by atoms with Gasteiger partial charge >= 0.3 is 5.97 Å². The molecule has 0 aliphatic rings. The Morgan fingerprint density at radius 1 is 1.07 bits per heavy atom. The first-order valence-electron chi connectivity index (χ1n) is 9.00. The van der Waals surface area contributed by atoms with Gasteiger partial charge in [0.05, 0.1) is 12.6 Å². The van der Waals surface area contributed by atoms with Crippen LogP contribution in [-0.2, 0) is 19.2 Å². The SMILES string of the molecule is CCC(C)C(NC(=O)C(N)CC(C)C)C(=O)NCC(=O)NC(CS)C(=O)O. The van der Waals surface area contributed by atoms with Gasteiger partial charge in [-0.2, -0.15) is 12.6 Å². The zero-order valence-corrected chi connectivity index (χ0v) is 17.2. The highest BCUT2D eigenvalue weighted by Crippen LogP contribution is 2.09. The standard InChI is InChI=1S/C17H32N4O5S/c1-5-10(4)14(21-15(23)11(18)6-9(2)3)16(24)19-7-13(22)20-12(8-27)17(25)26/h9-12,14,27H,5-8,18H2,1-4H3,(H,19,24)(H,20,22)(H,21,23)(H,25,26). The van der Waals surface area contributed by atoms with E-state index in [0.29, 0.717) is 12.8 Å². The molecule has 0 spiro atoms. The predicted molar refractivity (Wildman–Crippen MR) is 105 cm³/mol. The van der Waals surface area contributed by atoms with Crippen molar-refractivity contribution in [3.8, 4) is 0 Å². The molecule has 27 heavy (non-hydrogen) atoms. The third kappa shape index (κ3) is 9.62. The van der Waals surface area contributed by atoms with Crippen LogP contribution in [-0.4, -0.2) is 59.2 Å². The van der Waals surface area contributed by atoms with Crippen LogP contribution in [0.3, 0.4) is 0 Å². The van der Waals surface area contributed by atoms with Gasteiger partial charge in [0.25, 0.3) is 0 Å². The predicted octanol–water partition coefficient (Wildman–Crippen LogP) is -0.494. The Morgan fingerprint density at radius 3 is 2.11 bits per heavy atom. The van der Waals surface area contributed by atoms with E-state index in [1.807, 2.05) is 20.8 Å². The Kier molecular flexibility index (Phi) is 11.7. The molecular weight excluding hydrogens is 372 g/mol. The number of carboxylic acid groups (broad SMARTS) is 1. The van der Waals surface area contributed by atoms with E-state index < -0.39 is 48.4 Å². The maximum Gasteiger partial charge on any atom is 0.327 e. The number of nitrogens with two attached hydrogens (primary N) is 1. The van der Waals surface area contributed by atoms with E-state index in [0.717, 1.165) is 0 Å². The van der Waals surface area contributed by atoms with Crippen LogP contribution in [0.1, 0.15) is 40.5 Å². The quantitative estimate of drug-likeness (QED) is 0.242. The molecule has 4 atom stereocenters. The van der Waals surface area contributed by atoms with Crippen LogP contribution in [0.4, 0.5) is 0 Å². The molecule has 0 radical (unpaired) electrons. The van der Waals surface area contributed by atoms with Crippen LogP contribution < -0.4 is 21.7 Å². The van der Waals surface area contributed by atoms with Crippen molar-refractivity contribution in [3.63, 3.8) is 0 Å².